The number of carboxylic acids is 1. The van der Waals surface area contributed by atoms with Crippen molar-refractivity contribution in [3.8, 4) is 0 Å². The first-order valence-corrected chi connectivity index (χ1v) is 14.5. The first-order chi connectivity index (χ1) is 18.9. The van der Waals surface area contributed by atoms with Crippen LogP contribution in [0.2, 0.25) is 0 Å². The number of carbonyl (C=O) groups is 4. The molecule has 2 aliphatic rings. The van der Waals surface area contributed by atoms with Gasteiger partial charge in [-0.2, -0.15) is 0 Å². The molecule has 0 bridgehead atoms. The summed E-state index contributed by atoms with van der Waals surface area (Å²) in [4.78, 5) is 58.3. The molecule has 3 N–H and O–H groups in total. The molecular weight excluding hydrogens is 496 g/mol. The average molecular weight is 539 g/mol. The lowest BCUT2D eigenvalue weighted by atomic mass is 9.88. The second-order valence-electron chi connectivity index (χ2n) is 11.1. The fraction of sp³-hybridized carbons (Fsp3) is 0.600. The van der Waals surface area contributed by atoms with E-state index in [-0.39, 0.29) is 30.7 Å². The highest BCUT2D eigenvalue weighted by atomic mass is 16.4. The van der Waals surface area contributed by atoms with Crippen LogP contribution in [0.3, 0.4) is 0 Å². The molecule has 3 amide bonds. The number of rotatable bonds is 12. The van der Waals surface area contributed by atoms with Crippen LogP contribution in [0, 0.1) is 5.92 Å². The second kappa shape index (κ2) is 13.6. The van der Waals surface area contributed by atoms with Gasteiger partial charge in [0.15, 0.2) is 0 Å². The SMILES string of the molecule is CCCC[C@H](NC(=O)Cc1c[nH]c2ccccc12)C(=O)N(CC(=O)N1CCC[C@H]1C(=O)O)CC1CCCCC1. The molecule has 2 atom stereocenters. The molecule has 0 spiro atoms. The summed E-state index contributed by atoms with van der Waals surface area (Å²) in [6, 6.07) is 6.23. The summed E-state index contributed by atoms with van der Waals surface area (Å²) in [5.41, 5.74) is 1.82. The van der Waals surface area contributed by atoms with Crippen LogP contribution in [-0.4, -0.2) is 75.3 Å². The number of carboxylic acid groups (broad SMARTS) is 1. The number of unbranched alkanes of at least 4 members (excludes halogenated alkanes) is 1. The third kappa shape index (κ3) is 7.40. The first-order valence-electron chi connectivity index (χ1n) is 14.5. The molecule has 0 radical (unpaired) electrons. The Labute approximate surface area is 230 Å². The van der Waals surface area contributed by atoms with E-state index in [0.717, 1.165) is 55.0 Å². The minimum absolute atomic E-state index is 0.148. The van der Waals surface area contributed by atoms with Gasteiger partial charge < -0.3 is 25.2 Å². The fourth-order valence-electron chi connectivity index (χ4n) is 6.07. The van der Waals surface area contributed by atoms with Gasteiger partial charge >= 0.3 is 5.97 Å². The lowest BCUT2D eigenvalue weighted by Crippen LogP contribution is -2.54. The Kier molecular flexibility index (Phi) is 10.0. The number of nitrogens with zero attached hydrogens (tertiary/aromatic N) is 2. The van der Waals surface area contributed by atoms with E-state index in [2.05, 4.69) is 10.3 Å². The molecule has 4 rings (SSSR count). The number of aromatic nitrogens is 1. The molecule has 2 aromatic rings. The number of H-pyrrole nitrogens is 1. The zero-order valence-electron chi connectivity index (χ0n) is 23.0. The smallest absolute Gasteiger partial charge is 0.326 e. The molecule has 212 valence electrons. The average Bonchev–Trinajstić information content (AvgIpc) is 3.59. The number of benzene rings is 1. The van der Waals surface area contributed by atoms with Gasteiger partial charge in [0.1, 0.15) is 12.1 Å². The molecule has 1 aromatic heterocycles. The molecule has 1 saturated carbocycles. The second-order valence-corrected chi connectivity index (χ2v) is 11.1. The number of carbonyl (C=O) groups excluding carboxylic acids is 3. The lowest BCUT2D eigenvalue weighted by molar-refractivity contribution is -0.150. The van der Waals surface area contributed by atoms with E-state index in [4.69, 9.17) is 0 Å². The van der Waals surface area contributed by atoms with Crippen molar-refractivity contribution in [3.63, 3.8) is 0 Å². The number of aromatic amines is 1. The summed E-state index contributed by atoms with van der Waals surface area (Å²) in [5.74, 6) is -1.51. The zero-order valence-corrected chi connectivity index (χ0v) is 23.0. The van der Waals surface area contributed by atoms with E-state index >= 15 is 0 Å². The molecule has 9 heteroatoms. The lowest BCUT2D eigenvalue weighted by Gasteiger charge is -2.33. The van der Waals surface area contributed by atoms with Crippen LogP contribution in [0.25, 0.3) is 10.9 Å². The summed E-state index contributed by atoms with van der Waals surface area (Å²) in [5, 5.41) is 13.5. The normalized spacial score (nSPS) is 18.7. The topological polar surface area (TPSA) is 123 Å². The summed E-state index contributed by atoms with van der Waals surface area (Å²) in [6.07, 6.45) is 10.6. The van der Waals surface area contributed by atoms with Crippen molar-refractivity contribution in [3.05, 3.63) is 36.0 Å². The number of fused-ring (bicyclic) bond motifs is 1. The van der Waals surface area contributed by atoms with Crippen LogP contribution < -0.4 is 5.32 Å². The summed E-state index contributed by atoms with van der Waals surface area (Å²) >= 11 is 0. The Morgan fingerprint density at radius 3 is 2.62 bits per heavy atom. The van der Waals surface area contributed by atoms with Crippen LogP contribution >= 0.6 is 0 Å². The minimum atomic E-state index is -1.00. The van der Waals surface area contributed by atoms with Crippen molar-refractivity contribution in [2.75, 3.05) is 19.6 Å². The number of hydrogen-bond donors (Lipinski definition) is 3. The highest BCUT2D eigenvalue weighted by molar-refractivity contribution is 5.93. The van der Waals surface area contributed by atoms with Gasteiger partial charge in [-0.15, -0.1) is 0 Å². The number of nitrogens with one attached hydrogen (secondary N) is 2. The molecule has 1 aliphatic carbocycles. The Bertz CT molecular complexity index is 1160. The summed E-state index contributed by atoms with van der Waals surface area (Å²) in [6.45, 7) is 2.73. The molecule has 1 aliphatic heterocycles. The number of hydrogen-bond acceptors (Lipinski definition) is 4. The largest absolute Gasteiger partial charge is 0.480 e. The van der Waals surface area contributed by atoms with E-state index in [1.165, 1.54) is 11.3 Å². The van der Waals surface area contributed by atoms with Crippen LogP contribution in [0.1, 0.15) is 76.7 Å². The van der Waals surface area contributed by atoms with E-state index in [1.807, 2.05) is 37.4 Å². The van der Waals surface area contributed by atoms with Gasteiger partial charge in [-0.3, -0.25) is 14.4 Å². The predicted octanol–water partition coefficient (Wildman–Crippen LogP) is 3.87. The third-order valence-electron chi connectivity index (χ3n) is 8.20. The molecule has 9 nitrogen and oxygen atoms in total. The van der Waals surface area contributed by atoms with Gasteiger partial charge in [0.25, 0.3) is 0 Å². The zero-order chi connectivity index (χ0) is 27.8. The van der Waals surface area contributed by atoms with Gasteiger partial charge in [0.2, 0.25) is 17.7 Å². The van der Waals surface area contributed by atoms with Gasteiger partial charge in [0, 0.05) is 30.2 Å². The maximum atomic E-state index is 14.0. The summed E-state index contributed by atoms with van der Waals surface area (Å²) in [7, 11) is 0. The maximum absolute atomic E-state index is 14.0. The summed E-state index contributed by atoms with van der Waals surface area (Å²) < 4.78 is 0. The molecule has 1 saturated heterocycles. The van der Waals surface area contributed by atoms with Crippen molar-refractivity contribution in [2.24, 2.45) is 5.92 Å². The number of likely N-dealkylation sites (tertiary alicyclic amines) is 1. The standard InChI is InChI=1S/C30H42N4O5/c1-2-3-13-25(32-27(35)17-22-18-31-24-14-8-7-12-23(22)24)29(37)33(19-21-10-5-4-6-11-21)20-28(36)34-16-9-15-26(34)30(38)39/h7-8,12,14,18,21,25-26,31H,2-6,9-11,13,15-17,19-20H2,1H3,(H,32,35)(H,38,39)/t25-,26-/m0/s1. The third-order valence-corrected chi connectivity index (χ3v) is 8.20. The number of para-hydroxylation sites is 1. The molecule has 2 fully saturated rings. The molecule has 1 aromatic carbocycles. The van der Waals surface area contributed by atoms with Crippen LogP contribution in [0.15, 0.2) is 30.5 Å². The van der Waals surface area contributed by atoms with Crippen molar-refractivity contribution >= 4 is 34.6 Å². The van der Waals surface area contributed by atoms with Gasteiger partial charge in [-0.25, -0.2) is 4.79 Å². The van der Waals surface area contributed by atoms with E-state index in [1.54, 1.807) is 4.90 Å². The monoisotopic (exact) mass is 538 g/mol. The van der Waals surface area contributed by atoms with Crippen molar-refractivity contribution < 1.29 is 24.3 Å². The number of aliphatic carboxylic acids is 1. The van der Waals surface area contributed by atoms with Crippen LogP contribution in [0.5, 0.6) is 0 Å². The maximum Gasteiger partial charge on any atom is 0.326 e. The Morgan fingerprint density at radius 1 is 1.10 bits per heavy atom. The van der Waals surface area contributed by atoms with Crippen molar-refractivity contribution in [2.45, 2.75) is 89.6 Å². The quantitative estimate of drug-likeness (QED) is 0.379. The molecule has 2 heterocycles. The minimum Gasteiger partial charge on any atom is -0.480 e. The fourth-order valence-corrected chi connectivity index (χ4v) is 6.07. The predicted molar refractivity (Wildman–Crippen MR) is 149 cm³/mol. The Hall–Kier alpha value is -3.36. The Balaban J connectivity index is 1.49. The number of amides is 3. The highest BCUT2D eigenvalue weighted by Gasteiger charge is 2.36. The van der Waals surface area contributed by atoms with E-state index < -0.39 is 18.1 Å². The molecule has 0 unspecified atom stereocenters. The highest BCUT2D eigenvalue weighted by Crippen LogP contribution is 2.26. The van der Waals surface area contributed by atoms with Crippen LogP contribution in [0.4, 0.5) is 0 Å². The van der Waals surface area contributed by atoms with E-state index in [9.17, 15) is 24.3 Å². The van der Waals surface area contributed by atoms with Gasteiger partial charge in [0.05, 0.1) is 13.0 Å². The van der Waals surface area contributed by atoms with Crippen LogP contribution in [-0.2, 0) is 25.6 Å². The molecular formula is C30H42N4O5. The van der Waals surface area contributed by atoms with Crippen molar-refractivity contribution in [1.82, 2.24) is 20.1 Å². The first kappa shape index (κ1) is 28.6. The van der Waals surface area contributed by atoms with E-state index in [0.29, 0.717) is 38.3 Å². The Morgan fingerprint density at radius 2 is 1.87 bits per heavy atom. The van der Waals surface area contributed by atoms with Crippen molar-refractivity contribution in [1.29, 1.82) is 0 Å². The van der Waals surface area contributed by atoms with Gasteiger partial charge in [-0.1, -0.05) is 57.2 Å². The molecule has 39 heavy (non-hydrogen) atoms. The van der Waals surface area contributed by atoms with Gasteiger partial charge in [-0.05, 0) is 49.7 Å².